The predicted molar refractivity (Wildman–Crippen MR) is 81.7 cm³/mol. The van der Waals surface area contributed by atoms with Crippen molar-refractivity contribution >= 4 is 5.57 Å². The Kier molecular flexibility index (Phi) is 6.82. The van der Waals surface area contributed by atoms with Crippen LogP contribution in [-0.4, -0.2) is 13.1 Å². The minimum absolute atomic E-state index is 1.05. The van der Waals surface area contributed by atoms with Crippen LogP contribution in [0, 0.1) is 0 Å². The van der Waals surface area contributed by atoms with Crippen molar-refractivity contribution in [1.82, 2.24) is 5.32 Å². The van der Waals surface area contributed by atoms with Crippen LogP contribution in [0.1, 0.15) is 24.5 Å². The maximum atomic E-state index is 3.82. The first-order valence-electron chi connectivity index (χ1n) is 6.57. The van der Waals surface area contributed by atoms with Crippen molar-refractivity contribution in [1.29, 1.82) is 0 Å². The van der Waals surface area contributed by atoms with Crippen molar-refractivity contribution in [2.45, 2.75) is 19.8 Å². The Hall–Kier alpha value is -1.60. The lowest BCUT2D eigenvalue weighted by Crippen LogP contribution is -2.17. The summed E-state index contributed by atoms with van der Waals surface area (Å²) < 4.78 is 0. The SMILES string of the molecule is C=C/C=C(\C=C)c1ccc(CCNCCC)cc1. The van der Waals surface area contributed by atoms with Crippen molar-refractivity contribution in [3.8, 4) is 0 Å². The van der Waals surface area contributed by atoms with E-state index in [4.69, 9.17) is 0 Å². The predicted octanol–water partition coefficient (Wildman–Crippen LogP) is 3.98. The van der Waals surface area contributed by atoms with Gasteiger partial charge < -0.3 is 5.32 Å². The van der Waals surface area contributed by atoms with Crippen molar-refractivity contribution in [3.63, 3.8) is 0 Å². The number of nitrogens with one attached hydrogen (secondary N) is 1. The lowest BCUT2D eigenvalue weighted by atomic mass is 10.0. The van der Waals surface area contributed by atoms with Gasteiger partial charge in [0.15, 0.2) is 0 Å². The highest BCUT2D eigenvalue weighted by Crippen LogP contribution is 2.16. The molecular weight excluding hydrogens is 218 g/mol. The van der Waals surface area contributed by atoms with Crippen LogP contribution in [-0.2, 0) is 6.42 Å². The zero-order valence-corrected chi connectivity index (χ0v) is 11.3. The van der Waals surface area contributed by atoms with E-state index in [-0.39, 0.29) is 0 Å². The smallest absolute Gasteiger partial charge is 0.000835 e. The molecular formula is C17H23N. The third-order valence-corrected chi connectivity index (χ3v) is 2.82. The molecule has 1 nitrogen and oxygen atoms in total. The number of hydrogen-bond acceptors (Lipinski definition) is 1. The van der Waals surface area contributed by atoms with Gasteiger partial charge in [0, 0.05) is 0 Å². The van der Waals surface area contributed by atoms with E-state index in [2.05, 4.69) is 49.7 Å². The Morgan fingerprint density at radius 1 is 1.17 bits per heavy atom. The van der Waals surface area contributed by atoms with Crippen LogP contribution in [0.2, 0.25) is 0 Å². The van der Waals surface area contributed by atoms with Crippen LogP contribution in [0.25, 0.3) is 5.57 Å². The largest absolute Gasteiger partial charge is 0.316 e. The minimum atomic E-state index is 1.05. The van der Waals surface area contributed by atoms with Crippen LogP contribution in [0.5, 0.6) is 0 Å². The molecule has 96 valence electrons. The van der Waals surface area contributed by atoms with E-state index < -0.39 is 0 Å². The lowest BCUT2D eigenvalue weighted by Gasteiger charge is -2.06. The number of benzene rings is 1. The average Bonchev–Trinajstić information content (AvgIpc) is 2.42. The van der Waals surface area contributed by atoms with E-state index in [0.717, 1.165) is 25.1 Å². The lowest BCUT2D eigenvalue weighted by molar-refractivity contribution is 0.671. The van der Waals surface area contributed by atoms with E-state index in [1.54, 1.807) is 6.08 Å². The molecule has 0 aliphatic carbocycles. The van der Waals surface area contributed by atoms with Gasteiger partial charge in [-0.15, -0.1) is 0 Å². The third kappa shape index (κ3) is 4.72. The molecule has 0 fully saturated rings. The molecule has 1 rings (SSSR count). The van der Waals surface area contributed by atoms with Gasteiger partial charge in [0.2, 0.25) is 0 Å². The first kappa shape index (κ1) is 14.5. The number of hydrogen-bond donors (Lipinski definition) is 1. The standard InChI is InChI=1S/C17H23N/c1-4-7-16(6-3)17-10-8-15(9-11-17)12-14-18-13-5-2/h4,6-11,18H,1,3,5,12-14H2,2H3/b16-7+. The zero-order valence-electron chi connectivity index (χ0n) is 11.3. The first-order valence-corrected chi connectivity index (χ1v) is 6.57. The van der Waals surface area contributed by atoms with Gasteiger partial charge in [-0.25, -0.2) is 0 Å². The summed E-state index contributed by atoms with van der Waals surface area (Å²) in [6.07, 6.45) is 7.90. The summed E-state index contributed by atoms with van der Waals surface area (Å²) in [7, 11) is 0. The van der Waals surface area contributed by atoms with Gasteiger partial charge in [-0.2, -0.15) is 0 Å². The van der Waals surface area contributed by atoms with Crippen LogP contribution in [0.15, 0.2) is 55.7 Å². The molecule has 0 aliphatic heterocycles. The molecule has 0 saturated carbocycles. The quantitative estimate of drug-likeness (QED) is 0.536. The molecule has 0 atom stereocenters. The Balaban J connectivity index is 2.59. The minimum Gasteiger partial charge on any atom is -0.316 e. The molecule has 0 aromatic heterocycles. The van der Waals surface area contributed by atoms with Gasteiger partial charge in [-0.3, -0.25) is 0 Å². The average molecular weight is 241 g/mol. The van der Waals surface area contributed by atoms with Crippen LogP contribution in [0.3, 0.4) is 0 Å². The molecule has 0 spiro atoms. The number of rotatable bonds is 8. The van der Waals surface area contributed by atoms with Gasteiger partial charge in [-0.05, 0) is 42.6 Å². The Morgan fingerprint density at radius 2 is 1.89 bits per heavy atom. The van der Waals surface area contributed by atoms with Crippen molar-refractivity contribution in [2.24, 2.45) is 0 Å². The summed E-state index contributed by atoms with van der Waals surface area (Å²) in [5.41, 5.74) is 3.67. The highest BCUT2D eigenvalue weighted by molar-refractivity contribution is 5.74. The summed E-state index contributed by atoms with van der Waals surface area (Å²) in [5, 5.41) is 3.41. The Labute approximate surface area is 111 Å². The molecule has 1 aromatic rings. The molecule has 1 aromatic carbocycles. The topological polar surface area (TPSA) is 12.0 Å². The fourth-order valence-electron chi connectivity index (χ4n) is 1.81. The van der Waals surface area contributed by atoms with Gasteiger partial charge >= 0.3 is 0 Å². The summed E-state index contributed by atoms with van der Waals surface area (Å²) >= 11 is 0. The molecule has 0 bridgehead atoms. The highest BCUT2D eigenvalue weighted by atomic mass is 14.8. The maximum Gasteiger partial charge on any atom is -0.000835 e. The molecule has 0 unspecified atom stereocenters. The van der Waals surface area contributed by atoms with Gasteiger partial charge in [0.05, 0.1) is 0 Å². The van der Waals surface area contributed by atoms with Gasteiger partial charge in [0.25, 0.3) is 0 Å². The molecule has 0 saturated heterocycles. The monoisotopic (exact) mass is 241 g/mol. The van der Waals surface area contributed by atoms with E-state index >= 15 is 0 Å². The summed E-state index contributed by atoms with van der Waals surface area (Å²) in [4.78, 5) is 0. The fraction of sp³-hybridized carbons (Fsp3) is 0.294. The van der Waals surface area contributed by atoms with E-state index in [1.165, 1.54) is 17.5 Å². The second-order valence-electron chi connectivity index (χ2n) is 4.26. The second-order valence-corrected chi connectivity index (χ2v) is 4.26. The van der Waals surface area contributed by atoms with Gasteiger partial charge in [0.1, 0.15) is 0 Å². The van der Waals surface area contributed by atoms with E-state index in [0.29, 0.717) is 0 Å². The summed E-state index contributed by atoms with van der Waals surface area (Å²) in [6, 6.07) is 8.66. The normalized spacial score (nSPS) is 11.3. The van der Waals surface area contributed by atoms with Crippen LogP contribution in [0.4, 0.5) is 0 Å². The van der Waals surface area contributed by atoms with Crippen LogP contribution >= 0.6 is 0 Å². The number of allylic oxidation sites excluding steroid dienone is 4. The molecule has 1 heteroatoms. The molecule has 1 N–H and O–H groups in total. The van der Waals surface area contributed by atoms with Crippen LogP contribution < -0.4 is 5.32 Å². The Morgan fingerprint density at radius 3 is 2.44 bits per heavy atom. The molecule has 0 amide bonds. The van der Waals surface area contributed by atoms with Crippen molar-refractivity contribution in [3.05, 3.63) is 66.8 Å². The zero-order chi connectivity index (χ0) is 13.2. The molecule has 0 heterocycles. The maximum absolute atomic E-state index is 3.82. The molecule has 0 aliphatic rings. The molecule has 0 radical (unpaired) electrons. The first-order chi connectivity index (χ1) is 8.81. The summed E-state index contributed by atoms with van der Waals surface area (Å²) in [6.45, 7) is 11.9. The second kappa shape index (κ2) is 8.48. The van der Waals surface area contributed by atoms with Gasteiger partial charge in [-0.1, -0.05) is 62.6 Å². The van der Waals surface area contributed by atoms with E-state index in [9.17, 15) is 0 Å². The fourth-order valence-corrected chi connectivity index (χ4v) is 1.81. The Bertz CT molecular complexity index is 398. The highest BCUT2D eigenvalue weighted by Gasteiger charge is 1.97. The van der Waals surface area contributed by atoms with Crippen molar-refractivity contribution in [2.75, 3.05) is 13.1 Å². The van der Waals surface area contributed by atoms with E-state index in [1.807, 2.05) is 12.2 Å². The third-order valence-electron chi connectivity index (χ3n) is 2.82. The summed E-state index contributed by atoms with van der Waals surface area (Å²) in [5.74, 6) is 0. The van der Waals surface area contributed by atoms with Crippen molar-refractivity contribution < 1.29 is 0 Å². The molecule has 18 heavy (non-hydrogen) atoms.